The van der Waals surface area contributed by atoms with Crippen molar-refractivity contribution >= 4 is 17.8 Å². The van der Waals surface area contributed by atoms with E-state index in [1.54, 1.807) is 39.8 Å². The minimum atomic E-state index is -1.99. The quantitative estimate of drug-likeness (QED) is 0.599. The van der Waals surface area contributed by atoms with Crippen LogP contribution in [0.25, 0.3) is 0 Å². The lowest BCUT2D eigenvalue weighted by atomic mass is 9.79. The molecule has 2 heterocycles. The normalized spacial score (nSPS) is 28.6. The highest BCUT2D eigenvalue weighted by molar-refractivity contribution is 6.10. The second-order valence-electron chi connectivity index (χ2n) is 8.76. The van der Waals surface area contributed by atoms with Gasteiger partial charge < -0.3 is 19.7 Å². The van der Waals surface area contributed by atoms with Crippen molar-refractivity contribution in [2.75, 3.05) is 20.8 Å². The number of aliphatic hydroxyl groups excluding tert-OH is 1. The molecule has 2 aliphatic rings. The number of hydrogen-bond acceptors (Lipinski definition) is 7. The standard InChI is InChI=1S/C21H28N2O7/c1-10-12(29-5)8-7-11(16(10)30-6)15-13-14(21(9-24,22-15)19(27)28)18(26)23(17(13)25)20(2,3)4/h7-8,13-15,22,24H,9H2,1-6H3,(H,27,28). The average molecular weight is 420 g/mol. The van der Waals surface area contributed by atoms with E-state index in [0.717, 1.165) is 4.90 Å². The molecule has 4 unspecified atom stereocenters. The van der Waals surface area contributed by atoms with Crippen LogP contribution in [0.4, 0.5) is 0 Å². The fourth-order valence-electron chi connectivity index (χ4n) is 4.77. The predicted octanol–water partition coefficient (Wildman–Crippen LogP) is 0.872. The molecule has 164 valence electrons. The van der Waals surface area contributed by atoms with Gasteiger partial charge in [0.2, 0.25) is 11.8 Å². The van der Waals surface area contributed by atoms with Crippen LogP contribution in [-0.2, 0) is 14.4 Å². The average Bonchev–Trinajstić information content (AvgIpc) is 3.15. The number of amides is 2. The maximum Gasteiger partial charge on any atom is 0.327 e. The SMILES string of the molecule is COc1ccc(C2NC(CO)(C(=O)O)C3C(=O)N(C(C)(C)C)C(=O)C23)c(OC)c1C. The second-order valence-corrected chi connectivity index (χ2v) is 8.76. The van der Waals surface area contributed by atoms with Crippen LogP contribution in [0.2, 0.25) is 0 Å². The van der Waals surface area contributed by atoms with E-state index >= 15 is 0 Å². The summed E-state index contributed by atoms with van der Waals surface area (Å²) in [5.41, 5.74) is -1.61. The molecule has 0 spiro atoms. The summed E-state index contributed by atoms with van der Waals surface area (Å²) in [4.78, 5) is 40.0. The van der Waals surface area contributed by atoms with Crippen LogP contribution in [0.5, 0.6) is 11.5 Å². The van der Waals surface area contributed by atoms with E-state index in [4.69, 9.17) is 9.47 Å². The van der Waals surface area contributed by atoms with E-state index in [1.807, 2.05) is 0 Å². The number of nitrogens with zero attached hydrogens (tertiary/aromatic N) is 1. The number of hydrogen-bond donors (Lipinski definition) is 3. The molecule has 9 nitrogen and oxygen atoms in total. The highest BCUT2D eigenvalue weighted by Crippen LogP contribution is 2.52. The largest absolute Gasteiger partial charge is 0.496 e. The van der Waals surface area contributed by atoms with E-state index in [1.165, 1.54) is 14.2 Å². The second kappa shape index (κ2) is 7.24. The van der Waals surface area contributed by atoms with Crippen LogP contribution in [-0.4, -0.2) is 64.8 Å². The lowest BCUT2D eigenvalue weighted by Gasteiger charge is -2.34. The van der Waals surface area contributed by atoms with Gasteiger partial charge in [-0.3, -0.25) is 24.6 Å². The van der Waals surface area contributed by atoms with E-state index in [2.05, 4.69) is 5.32 Å². The van der Waals surface area contributed by atoms with Crippen molar-refractivity contribution in [1.82, 2.24) is 10.2 Å². The maximum atomic E-state index is 13.4. The number of imide groups is 1. The highest BCUT2D eigenvalue weighted by Gasteiger charge is 2.69. The number of aliphatic carboxylic acids is 1. The molecule has 0 aromatic heterocycles. The van der Waals surface area contributed by atoms with Crippen LogP contribution in [0.3, 0.4) is 0 Å². The molecule has 2 saturated heterocycles. The van der Waals surface area contributed by atoms with Crippen molar-refractivity contribution in [1.29, 1.82) is 0 Å². The van der Waals surface area contributed by atoms with Crippen molar-refractivity contribution in [3.05, 3.63) is 23.3 Å². The predicted molar refractivity (Wildman–Crippen MR) is 106 cm³/mol. The summed E-state index contributed by atoms with van der Waals surface area (Å²) >= 11 is 0. The minimum Gasteiger partial charge on any atom is -0.496 e. The summed E-state index contributed by atoms with van der Waals surface area (Å²) in [5.74, 6) is -3.70. The van der Waals surface area contributed by atoms with Gasteiger partial charge in [0.25, 0.3) is 0 Å². The number of carbonyl (C=O) groups is 3. The molecule has 0 saturated carbocycles. The van der Waals surface area contributed by atoms with Crippen LogP contribution in [0.1, 0.15) is 37.9 Å². The van der Waals surface area contributed by atoms with Gasteiger partial charge in [0.05, 0.1) is 32.7 Å². The summed E-state index contributed by atoms with van der Waals surface area (Å²) in [7, 11) is 2.99. The Balaban J connectivity index is 2.23. The van der Waals surface area contributed by atoms with Gasteiger partial charge in [-0.25, -0.2) is 0 Å². The molecule has 0 aliphatic carbocycles. The monoisotopic (exact) mass is 420 g/mol. The van der Waals surface area contributed by atoms with Gasteiger partial charge >= 0.3 is 5.97 Å². The fourth-order valence-corrected chi connectivity index (χ4v) is 4.77. The first-order valence-electron chi connectivity index (χ1n) is 9.67. The lowest BCUT2D eigenvalue weighted by molar-refractivity contribution is -0.155. The molecular weight excluding hydrogens is 392 g/mol. The van der Waals surface area contributed by atoms with Crippen molar-refractivity contribution in [3.63, 3.8) is 0 Å². The number of carbonyl (C=O) groups excluding carboxylic acids is 2. The molecule has 9 heteroatoms. The first-order chi connectivity index (χ1) is 14.0. The number of rotatable bonds is 5. The Bertz CT molecular complexity index is 907. The third-order valence-electron chi connectivity index (χ3n) is 6.10. The smallest absolute Gasteiger partial charge is 0.327 e. The molecule has 2 fully saturated rings. The summed E-state index contributed by atoms with van der Waals surface area (Å²) in [6.45, 7) is 6.09. The Labute approximate surface area is 175 Å². The van der Waals surface area contributed by atoms with E-state index in [9.17, 15) is 24.6 Å². The number of fused-ring (bicyclic) bond motifs is 1. The van der Waals surface area contributed by atoms with Crippen LogP contribution in [0, 0.1) is 18.8 Å². The lowest BCUT2D eigenvalue weighted by Crippen LogP contribution is -2.59. The topological polar surface area (TPSA) is 125 Å². The van der Waals surface area contributed by atoms with Gasteiger partial charge in [-0.1, -0.05) is 6.07 Å². The molecular formula is C21H28N2O7. The number of nitrogens with one attached hydrogen (secondary N) is 1. The van der Waals surface area contributed by atoms with E-state index in [-0.39, 0.29) is 0 Å². The first-order valence-corrected chi connectivity index (χ1v) is 9.67. The van der Waals surface area contributed by atoms with E-state index < -0.39 is 53.3 Å². The number of methoxy groups -OCH3 is 2. The van der Waals surface area contributed by atoms with Crippen molar-refractivity contribution < 1.29 is 34.1 Å². The van der Waals surface area contributed by atoms with Gasteiger partial charge in [0.1, 0.15) is 11.5 Å². The van der Waals surface area contributed by atoms with E-state index in [0.29, 0.717) is 22.6 Å². The van der Waals surface area contributed by atoms with Crippen LogP contribution < -0.4 is 14.8 Å². The van der Waals surface area contributed by atoms with Crippen molar-refractivity contribution in [2.45, 2.75) is 44.8 Å². The number of ether oxygens (including phenoxy) is 2. The summed E-state index contributed by atoms with van der Waals surface area (Å²) in [6, 6.07) is 2.54. The Kier molecular flexibility index (Phi) is 5.32. The third kappa shape index (κ3) is 2.87. The van der Waals surface area contributed by atoms with Gasteiger partial charge in [-0.2, -0.15) is 0 Å². The van der Waals surface area contributed by atoms with Gasteiger partial charge in [-0.05, 0) is 33.8 Å². The number of carboxylic acid groups (broad SMARTS) is 1. The zero-order valence-electron chi connectivity index (χ0n) is 18.0. The Morgan fingerprint density at radius 1 is 1.20 bits per heavy atom. The van der Waals surface area contributed by atoms with Gasteiger partial charge in [0.15, 0.2) is 5.54 Å². The maximum absolute atomic E-state index is 13.4. The van der Waals surface area contributed by atoms with Crippen LogP contribution in [0.15, 0.2) is 12.1 Å². The number of benzene rings is 1. The molecule has 3 rings (SSSR count). The molecule has 30 heavy (non-hydrogen) atoms. The number of carboxylic acids is 1. The zero-order chi connectivity index (χ0) is 22.6. The Morgan fingerprint density at radius 3 is 2.30 bits per heavy atom. The fraction of sp³-hybridized carbons (Fsp3) is 0.571. The molecule has 1 aromatic carbocycles. The van der Waals surface area contributed by atoms with Crippen molar-refractivity contribution in [3.8, 4) is 11.5 Å². The van der Waals surface area contributed by atoms with Gasteiger partial charge in [0, 0.05) is 22.7 Å². The summed E-state index contributed by atoms with van der Waals surface area (Å²) in [6.07, 6.45) is 0. The molecule has 0 radical (unpaired) electrons. The third-order valence-corrected chi connectivity index (χ3v) is 6.10. The Morgan fingerprint density at radius 2 is 1.83 bits per heavy atom. The number of aliphatic hydroxyl groups is 1. The van der Waals surface area contributed by atoms with Crippen molar-refractivity contribution in [2.24, 2.45) is 11.8 Å². The molecule has 2 aliphatic heterocycles. The highest BCUT2D eigenvalue weighted by atomic mass is 16.5. The summed E-state index contributed by atoms with van der Waals surface area (Å²) < 4.78 is 10.9. The molecule has 3 N–H and O–H groups in total. The molecule has 4 atom stereocenters. The molecule has 1 aromatic rings. The minimum absolute atomic E-state index is 0.430. The molecule has 2 amide bonds. The van der Waals surface area contributed by atoms with Crippen LogP contribution >= 0.6 is 0 Å². The number of likely N-dealkylation sites (tertiary alicyclic amines) is 1. The summed E-state index contributed by atoms with van der Waals surface area (Å²) in [5, 5.41) is 23.0. The zero-order valence-corrected chi connectivity index (χ0v) is 18.0. The molecule has 0 bridgehead atoms. The first kappa shape index (κ1) is 22.0. The van der Waals surface area contributed by atoms with Gasteiger partial charge in [-0.15, -0.1) is 0 Å². The Hall–Kier alpha value is -2.65.